The van der Waals surface area contributed by atoms with Gasteiger partial charge in [0.1, 0.15) is 0 Å². The number of urea groups is 1. The summed E-state index contributed by atoms with van der Waals surface area (Å²) in [4.78, 5) is 25.3. The smallest absolute Gasteiger partial charge is 0.321 e. The second-order valence-corrected chi connectivity index (χ2v) is 7.90. The highest BCUT2D eigenvalue weighted by atomic mass is 32.2. The predicted molar refractivity (Wildman–Crippen MR) is 80.7 cm³/mol. The number of likely N-dealkylation sites (N-methyl/N-ethyl adjacent to an activating group) is 1. The van der Waals surface area contributed by atoms with Crippen LogP contribution in [0.25, 0.3) is 0 Å². The predicted octanol–water partition coefficient (Wildman–Crippen LogP) is 0.120. The number of nitrogens with one attached hydrogen (secondary N) is 2. The summed E-state index contributed by atoms with van der Waals surface area (Å²) >= 11 is 0. The summed E-state index contributed by atoms with van der Waals surface area (Å²) in [5.74, 6) is -0.357. The topological polar surface area (TPSA) is 95.6 Å². The van der Waals surface area contributed by atoms with E-state index in [4.69, 9.17) is 0 Å². The van der Waals surface area contributed by atoms with E-state index in [2.05, 4.69) is 17.6 Å². The Morgan fingerprint density at radius 3 is 2.57 bits per heavy atom. The van der Waals surface area contributed by atoms with Crippen molar-refractivity contribution in [2.75, 3.05) is 25.1 Å². The molecule has 1 saturated heterocycles. The molecule has 0 aliphatic carbocycles. The van der Waals surface area contributed by atoms with Crippen molar-refractivity contribution < 1.29 is 18.0 Å². The third-order valence-electron chi connectivity index (χ3n) is 3.67. The summed E-state index contributed by atoms with van der Waals surface area (Å²) in [6, 6.07) is -0.762. The first-order valence-electron chi connectivity index (χ1n) is 7.24. The minimum absolute atomic E-state index is 0.0535. The molecule has 122 valence electrons. The maximum Gasteiger partial charge on any atom is 0.321 e. The Labute approximate surface area is 126 Å². The van der Waals surface area contributed by atoms with Gasteiger partial charge in [0.2, 0.25) is 5.91 Å². The number of carbonyl (C=O) groups is 2. The Kier molecular flexibility index (Phi) is 6.60. The number of sulfone groups is 1. The van der Waals surface area contributed by atoms with E-state index in [1.807, 2.05) is 18.9 Å². The lowest BCUT2D eigenvalue weighted by molar-refractivity contribution is -0.121. The van der Waals surface area contributed by atoms with Gasteiger partial charge in [-0.1, -0.05) is 13.3 Å². The van der Waals surface area contributed by atoms with E-state index in [0.29, 0.717) is 6.42 Å². The molecule has 1 rings (SSSR count). The second kappa shape index (κ2) is 7.74. The van der Waals surface area contributed by atoms with Gasteiger partial charge < -0.3 is 5.32 Å². The molecule has 0 unspecified atom stereocenters. The van der Waals surface area contributed by atoms with Gasteiger partial charge in [0, 0.05) is 12.1 Å². The first-order valence-corrected chi connectivity index (χ1v) is 9.06. The van der Waals surface area contributed by atoms with Gasteiger partial charge in [-0.15, -0.1) is 0 Å². The third-order valence-corrected chi connectivity index (χ3v) is 5.44. The van der Waals surface area contributed by atoms with Crippen molar-refractivity contribution in [2.45, 2.75) is 45.2 Å². The number of amides is 3. The van der Waals surface area contributed by atoms with Gasteiger partial charge >= 0.3 is 6.03 Å². The standard InChI is InChI=1S/C13H25N3O4S/c1-4-5-10(2)16(3)8-12(17)15-13(18)14-11-6-7-21(19,20)9-11/h10-11H,4-9H2,1-3H3,(H2,14,15,17,18)/t10-,11-/m0/s1. The van der Waals surface area contributed by atoms with Gasteiger partial charge in [-0.25, -0.2) is 13.2 Å². The molecule has 0 aromatic carbocycles. The average Bonchev–Trinajstić information content (AvgIpc) is 2.68. The van der Waals surface area contributed by atoms with Crippen molar-refractivity contribution in [1.82, 2.24) is 15.5 Å². The fourth-order valence-corrected chi connectivity index (χ4v) is 3.99. The van der Waals surface area contributed by atoms with Gasteiger partial charge in [-0.05, 0) is 26.8 Å². The van der Waals surface area contributed by atoms with E-state index in [9.17, 15) is 18.0 Å². The van der Waals surface area contributed by atoms with Crippen molar-refractivity contribution in [3.8, 4) is 0 Å². The number of carbonyl (C=O) groups excluding carboxylic acids is 2. The molecular formula is C13H25N3O4S. The Balaban J connectivity index is 2.32. The number of hydrogen-bond acceptors (Lipinski definition) is 5. The van der Waals surface area contributed by atoms with Crippen LogP contribution < -0.4 is 10.6 Å². The molecule has 21 heavy (non-hydrogen) atoms. The molecule has 0 radical (unpaired) electrons. The molecule has 1 aliphatic heterocycles. The fourth-order valence-electron chi connectivity index (χ4n) is 2.32. The summed E-state index contributed by atoms with van der Waals surface area (Å²) < 4.78 is 22.6. The highest BCUT2D eigenvalue weighted by molar-refractivity contribution is 7.91. The van der Waals surface area contributed by atoms with Crippen LogP contribution >= 0.6 is 0 Å². The SMILES string of the molecule is CCC[C@H](C)N(C)CC(=O)NC(=O)N[C@H]1CCS(=O)(=O)C1. The number of imide groups is 1. The minimum atomic E-state index is -3.04. The van der Waals surface area contributed by atoms with E-state index < -0.39 is 21.9 Å². The summed E-state index contributed by atoms with van der Waals surface area (Å²) in [5, 5.41) is 4.76. The average molecular weight is 319 g/mol. The van der Waals surface area contributed by atoms with E-state index in [-0.39, 0.29) is 30.0 Å². The Morgan fingerprint density at radius 2 is 2.05 bits per heavy atom. The lowest BCUT2D eigenvalue weighted by Gasteiger charge is -2.23. The molecule has 1 fully saturated rings. The van der Waals surface area contributed by atoms with Crippen LogP contribution in [0.15, 0.2) is 0 Å². The molecule has 0 saturated carbocycles. The molecule has 2 N–H and O–H groups in total. The molecule has 2 atom stereocenters. The Bertz CT molecular complexity index is 478. The summed E-state index contributed by atoms with van der Waals surface area (Å²) in [6.45, 7) is 4.24. The van der Waals surface area contributed by atoms with E-state index in [1.165, 1.54) is 0 Å². The van der Waals surface area contributed by atoms with Crippen LogP contribution in [0, 0.1) is 0 Å². The van der Waals surface area contributed by atoms with Crippen LogP contribution in [0.1, 0.15) is 33.1 Å². The van der Waals surface area contributed by atoms with Crippen LogP contribution in [0.5, 0.6) is 0 Å². The Hall–Kier alpha value is -1.15. The quantitative estimate of drug-likeness (QED) is 0.725. The largest absolute Gasteiger partial charge is 0.334 e. The monoisotopic (exact) mass is 319 g/mol. The van der Waals surface area contributed by atoms with Crippen molar-refractivity contribution in [2.24, 2.45) is 0 Å². The van der Waals surface area contributed by atoms with Crippen molar-refractivity contribution >= 4 is 21.8 Å². The van der Waals surface area contributed by atoms with Crippen LogP contribution in [0.2, 0.25) is 0 Å². The third kappa shape index (κ3) is 6.43. The summed E-state index contributed by atoms with van der Waals surface area (Å²) in [7, 11) is -1.21. The van der Waals surface area contributed by atoms with Crippen molar-refractivity contribution in [3.05, 3.63) is 0 Å². The summed E-state index contributed by atoms with van der Waals surface area (Å²) in [5.41, 5.74) is 0. The molecule has 0 aromatic rings. The fraction of sp³-hybridized carbons (Fsp3) is 0.846. The normalized spacial score (nSPS) is 22.0. The van der Waals surface area contributed by atoms with Crippen LogP contribution in [0.4, 0.5) is 4.79 Å². The van der Waals surface area contributed by atoms with Crippen LogP contribution in [-0.4, -0.2) is 62.4 Å². The lowest BCUT2D eigenvalue weighted by Crippen LogP contribution is -2.48. The molecule has 0 aromatic heterocycles. The Morgan fingerprint density at radius 1 is 1.38 bits per heavy atom. The van der Waals surface area contributed by atoms with Gasteiger partial charge in [0.25, 0.3) is 0 Å². The van der Waals surface area contributed by atoms with Crippen molar-refractivity contribution in [1.29, 1.82) is 0 Å². The summed E-state index contributed by atoms with van der Waals surface area (Å²) in [6.07, 6.45) is 2.41. The molecular weight excluding hydrogens is 294 g/mol. The molecule has 1 heterocycles. The molecule has 7 nitrogen and oxygen atoms in total. The molecule has 1 aliphatic rings. The molecule has 3 amide bonds. The van der Waals surface area contributed by atoms with E-state index >= 15 is 0 Å². The van der Waals surface area contributed by atoms with Gasteiger partial charge in [0.15, 0.2) is 9.84 Å². The molecule has 0 bridgehead atoms. The second-order valence-electron chi connectivity index (χ2n) is 5.67. The maximum absolute atomic E-state index is 11.7. The zero-order valence-corrected chi connectivity index (χ0v) is 13.7. The molecule has 0 spiro atoms. The number of hydrogen-bond donors (Lipinski definition) is 2. The van der Waals surface area contributed by atoms with Crippen molar-refractivity contribution in [3.63, 3.8) is 0 Å². The highest BCUT2D eigenvalue weighted by Gasteiger charge is 2.29. The van der Waals surface area contributed by atoms with Gasteiger partial charge in [-0.2, -0.15) is 0 Å². The maximum atomic E-state index is 11.7. The zero-order valence-electron chi connectivity index (χ0n) is 12.9. The number of nitrogens with zero attached hydrogens (tertiary/aromatic N) is 1. The van der Waals surface area contributed by atoms with Gasteiger partial charge in [0.05, 0.1) is 18.1 Å². The van der Waals surface area contributed by atoms with E-state index in [1.54, 1.807) is 0 Å². The van der Waals surface area contributed by atoms with Crippen LogP contribution in [-0.2, 0) is 14.6 Å². The van der Waals surface area contributed by atoms with Gasteiger partial charge in [-0.3, -0.25) is 15.0 Å². The highest BCUT2D eigenvalue weighted by Crippen LogP contribution is 2.10. The number of rotatable bonds is 6. The van der Waals surface area contributed by atoms with Crippen LogP contribution in [0.3, 0.4) is 0 Å². The minimum Gasteiger partial charge on any atom is -0.334 e. The molecule has 8 heteroatoms. The first-order chi connectivity index (χ1) is 9.73. The zero-order chi connectivity index (χ0) is 16.0. The van der Waals surface area contributed by atoms with E-state index in [0.717, 1.165) is 12.8 Å². The lowest BCUT2D eigenvalue weighted by atomic mass is 10.2. The first kappa shape index (κ1) is 17.9.